The molecule has 0 amide bonds. The maximum atomic E-state index is 6.14. The zero-order valence-electron chi connectivity index (χ0n) is 10.1. The van der Waals surface area contributed by atoms with Crippen LogP contribution in [-0.4, -0.2) is 4.99 Å². The van der Waals surface area contributed by atoms with Crippen molar-refractivity contribution >= 4 is 44.7 Å². The predicted molar refractivity (Wildman–Crippen MR) is 86.3 cm³/mol. The molecule has 2 aromatic rings. The van der Waals surface area contributed by atoms with Crippen LogP contribution in [0.4, 0.5) is 0 Å². The van der Waals surface area contributed by atoms with Gasteiger partial charge in [0.1, 0.15) is 16.5 Å². The van der Waals surface area contributed by atoms with E-state index in [-0.39, 0.29) is 0 Å². The van der Waals surface area contributed by atoms with Gasteiger partial charge in [-0.3, -0.25) is 0 Å². The Balaban J connectivity index is 2.28. The zero-order chi connectivity index (χ0) is 14.0. The van der Waals surface area contributed by atoms with Gasteiger partial charge in [0.2, 0.25) is 0 Å². The quantitative estimate of drug-likeness (QED) is 0.799. The average Bonchev–Trinajstić information content (AvgIpc) is 2.36. The van der Waals surface area contributed by atoms with E-state index < -0.39 is 0 Å². The molecule has 0 spiro atoms. The fraction of sp³-hybridized carbons (Fsp3) is 0.0714. The maximum absolute atomic E-state index is 6.14. The lowest BCUT2D eigenvalue weighted by molar-refractivity contribution is 0.482. The molecule has 2 rings (SSSR count). The molecular weight excluding hydrogens is 346 g/mol. The molecule has 2 N–H and O–H groups in total. The first-order valence-electron chi connectivity index (χ1n) is 5.51. The summed E-state index contributed by atoms with van der Waals surface area (Å²) >= 11 is 14.5. The van der Waals surface area contributed by atoms with Crippen molar-refractivity contribution in [2.75, 3.05) is 0 Å². The number of nitrogens with two attached hydrogens (primary N) is 1. The summed E-state index contributed by atoms with van der Waals surface area (Å²) in [7, 11) is 0. The van der Waals surface area contributed by atoms with Crippen LogP contribution in [0.3, 0.4) is 0 Å². The van der Waals surface area contributed by atoms with Gasteiger partial charge < -0.3 is 10.5 Å². The van der Waals surface area contributed by atoms with Gasteiger partial charge in [0.25, 0.3) is 0 Å². The molecule has 0 aliphatic carbocycles. The Morgan fingerprint density at radius 1 is 1.26 bits per heavy atom. The summed E-state index contributed by atoms with van der Waals surface area (Å²) in [4.78, 5) is 0.313. The van der Waals surface area contributed by atoms with E-state index in [9.17, 15) is 0 Å². The molecule has 0 aromatic heterocycles. The molecule has 19 heavy (non-hydrogen) atoms. The molecule has 0 aliphatic heterocycles. The molecule has 2 nitrogen and oxygen atoms in total. The first-order chi connectivity index (χ1) is 8.97. The van der Waals surface area contributed by atoms with Gasteiger partial charge >= 0.3 is 0 Å². The third-order valence-corrected chi connectivity index (χ3v) is 3.99. The molecule has 98 valence electrons. The van der Waals surface area contributed by atoms with Crippen LogP contribution in [0.5, 0.6) is 11.5 Å². The molecule has 0 bridgehead atoms. The fourth-order valence-corrected chi connectivity index (χ4v) is 2.14. The molecule has 0 saturated heterocycles. The number of benzene rings is 2. The van der Waals surface area contributed by atoms with E-state index in [4.69, 9.17) is 34.3 Å². The SMILES string of the molecule is Cc1cc(Oc2ccc(C(N)=S)cc2Cl)ccc1Br. The summed E-state index contributed by atoms with van der Waals surface area (Å²) in [6, 6.07) is 11.0. The number of ether oxygens (including phenoxy) is 1. The zero-order valence-corrected chi connectivity index (χ0v) is 13.3. The van der Waals surface area contributed by atoms with Gasteiger partial charge in [-0.15, -0.1) is 0 Å². The largest absolute Gasteiger partial charge is 0.456 e. The van der Waals surface area contributed by atoms with Crippen molar-refractivity contribution < 1.29 is 4.74 Å². The van der Waals surface area contributed by atoms with Gasteiger partial charge in [0, 0.05) is 10.0 Å². The van der Waals surface area contributed by atoms with Gasteiger partial charge in [-0.05, 0) is 48.9 Å². The highest BCUT2D eigenvalue weighted by molar-refractivity contribution is 9.10. The number of halogens is 2. The Labute approximate surface area is 130 Å². The molecule has 5 heteroatoms. The Morgan fingerprint density at radius 2 is 2.00 bits per heavy atom. The Bertz CT molecular complexity index is 645. The van der Waals surface area contributed by atoms with Crippen LogP contribution < -0.4 is 10.5 Å². The van der Waals surface area contributed by atoms with Gasteiger partial charge in [-0.1, -0.05) is 39.7 Å². The second-order valence-corrected chi connectivity index (χ2v) is 5.72. The molecular formula is C14H11BrClNOS. The topological polar surface area (TPSA) is 35.2 Å². The highest BCUT2D eigenvalue weighted by atomic mass is 79.9. The van der Waals surface area contributed by atoms with Crippen molar-refractivity contribution in [1.29, 1.82) is 0 Å². The van der Waals surface area contributed by atoms with Crippen LogP contribution in [0.1, 0.15) is 11.1 Å². The van der Waals surface area contributed by atoms with Crippen LogP contribution in [0.15, 0.2) is 40.9 Å². The lowest BCUT2D eigenvalue weighted by Gasteiger charge is -2.10. The summed E-state index contributed by atoms with van der Waals surface area (Å²) in [5, 5.41) is 0.478. The lowest BCUT2D eigenvalue weighted by atomic mass is 10.2. The molecule has 0 atom stereocenters. The molecule has 0 heterocycles. The molecule has 0 unspecified atom stereocenters. The minimum atomic E-state index is 0.313. The van der Waals surface area contributed by atoms with Crippen LogP contribution in [0.25, 0.3) is 0 Å². The number of hydrogen-bond acceptors (Lipinski definition) is 2. The van der Waals surface area contributed by atoms with Gasteiger partial charge in [-0.25, -0.2) is 0 Å². The number of aryl methyl sites for hydroxylation is 1. The third kappa shape index (κ3) is 3.47. The minimum Gasteiger partial charge on any atom is -0.456 e. The monoisotopic (exact) mass is 355 g/mol. The second-order valence-electron chi connectivity index (χ2n) is 4.02. The van der Waals surface area contributed by atoms with Crippen LogP contribution >= 0.6 is 39.7 Å². The highest BCUT2D eigenvalue weighted by Crippen LogP contribution is 2.31. The van der Waals surface area contributed by atoms with E-state index in [0.29, 0.717) is 15.8 Å². The molecule has 0 radical (unpaired) electrons. The highest BCUT2D eigenvalue weighted by Gasteiger charge is 2.07. The predicted octanol–water partition coefficient (Wildman–Crippen LogP) is 4.84. The second kappa shape index (κ2) is 5.90. The van der Waals surface area contributed by atoms with Gasteiger partial charge in [0.15, 0.2) is 0 Å². The number of thiocarbonyl (C=S) groups is 1. The Morgan fingerprint density at radius 3 is 2.58 bits per heavy atom. The van der Waals surface area contributed by atoms with Crippen molar-refractivity contribution in [3.05, 3.63) is 57.0 Å². The number of hydrogen-bond donors (Lipinski definition) is 1. The summed E-state index contributed by atoms with van der Waals surface area (Å²) in [5.41, 5.74) is 7.36. The summed E-state index contributed by atoms with van der Waals surface area (Å²) in [6.45, 7) is 1.99. The van der Waals surface area contributed by atoms with E-state index in [1.54, 1.807) is 18.2 Å². The van der Waals surface area contributed by atoms with Crippen molar-refractivity contribution in [3.8, 4) is 11.5 Å². The Kier molecular flexibility index (Phi) is 4.45. The third-order valence-electron chi connectivity index (χ3n) is 2.57. The van der Waals surface area contributed by atoms with Crippen LogP contribution in [-0.2, 0) is 0 Å². The van der Waals surface area contributed by atoms with Crippen molar-refractivity contribution in [1.82, 2.24) is 0 Å². The van der Waals surface area contributed by atoms with E-state index >= 15 is 0 Å². The fourth-order valence-electron chi connectivity index (χ4n) is 1.54. The molecule has 2 aromatic carbocycles. The summed E-state index contributed by atoms with van der Waals surface area (Å²) in [6.07, 6.45) is 0. The van der Waals surface area contributed by atoms with E-state index in [0.717, 1.165) is 21.3 Å². The van der Waals surface area contributed by atoms with E-state index in [1.165, 1.54) is 0 Å². The van der Waals surface area contributed by atoms with Gasteiger partial charge in [0.05, 0.1) is 5.02 Å². The minimum absolute atomic E-state index is 0.313. The maximum Gasteiger partial charge on any atom is 0.146 e. The normalized spacial score (nSPS) is 10.3. The standard InChI is InChI=1S/C14H11BrClNOS/c1-8-6-10(3-4-11(8)15)18-13-5-2-9(14(17)19)7-12(13)16/h2-7H,1H3,(H2,17,19). The molecule has 0 fully saturated rings. The smallest absolute Gasteiger partial charge is 0.146 e. The van der Waals surface area contributed by atoms with Gasteiger partial charge in [-0.2, -0.15) is 0 Å². The summed E-state index contributed by atoms with van der Waals surface area (Å²) in [5.74, 6) is 1.30. The Hall–Kier alpha value is -1.10. The van der Waals surface area contributed by atoms with E-state index in [2.05, 4.69) is 15.9 Å². The van der Waals surface area contributed by atoms with Crippen LogP contribution in [0, 0.1) is 6.92 Å². The molecule has 0 saturated carbocycles. The lowest BCUT2D eigenvalue weighted by Crippen LogP contribution is -2.08. The van der Waals surface area contributed by atoms with Crippen molar-refractivity contribution in [2.24, 2.45) is 5.73 Å². The van der Waals surface area contributed by atoms with Crippen LogP contribution in [0.2, 0.25) is 5.02 Å². The summed E-state index contributed by atoms with van der Waals surface area (Å²) < 4.78 is 6.78. The average molecular weight is 357 g/mol. The van der Waals surface area contributed by atoms with Crippen molar-refractivity contribution in [2.45, 2.75) is 6.92 Å². The molecule has 0 aliphatic rings. The van der Waals surface area contributed by atoms with Crippen molar-refractivity contribution in [3.63, 3.8) is 0 Å². The first kappa shape index (κ1) is 14.3. The van der Waals surface area contributed by atoms with E-state index in [1.807, 2.05) is 25.1 Å². The number of rotatable bonds is 3. The first-order valence-corrected chi connectivity index (χ1v) is 7.08.